The van der Waals surface area contributed by atoms with Crippen LogP contribution in [0.25, 0.3) is 0 Å². The number of aryl methyl sites for hydroxylation is 4. The first kappa shape index (κ1) is 16.9. The molecule has 0 radical (unpaired) electrons. The minimum absolute atomic E-state index is 0.703. The van der Waals surface area contributed by atoms with Crippen molar-refractivity contribution in [3.8, 4) is 0 Å². The number of thiazole rings is 2. The molecule has 5 nitrogen and oxygen atoms in total. The molecular weight excluding hydrogens is 314 g/mol. The highest BCUT2D eigenvalue weighted by molar-refractivity contribution is 7.11. The Morgan fingerprint density at radius 2 is 1.55 bits per heavy atom. The zero-order chi connectivity index (χ0) is 16.1. The lowest BCUT2D eigenvalue weighted by atomic mass is 10.4. The van der Waals surface area contributed by atoms with E-state index in [1.807, 2.05) is 6.92 Å². The average Bonchev–Trinajstić information content (AvgIpc) is 2.97. The van der Waals surface area contributed by atoms with E-state index in [2.05, 4.69) is 46.4 Å². The van der Waals surface area contributed by atoms with Crippen molar-refractivity contribution in [1.82, 2.24) is 20.6 Å². The fourth-order valence-electron chi connectivity index (χ4n) is 1.93. The van der Waals surface area contributed by atoms with Gasteiger partial charge in [-0.2, -0.15) is 0 Å². The second kappa shape index (κ2) is 7.69. The molecule has 0 atom stereocenters. The van der Waals surface area contributed by atoms with Crippen molar-refractivity contribution in [2.45, 2.75) is 40.7 Å². The van der Waals surface area contributed by atoms with E-state index in [4.69, 9.17) is 0 Å². The number of aliphatic imine (C=N–C) groups is 1. The van der Waals surface area contributed by atoms with Crippen molar-refractivity contribution in [3.63, 3.8) is 0 Å². The molecule has 0 amide bonds. The monoisotopic (exact) mass is 337 g/mol. The van der Waals surface area contributed by atoms with Gasteiger partial charge in [0.05, 0.1) is 22.9 Å². The van der Waals surface area contributed by atoms with Crippen LogP contribution < -0.4 is 10.6 Å². The van der Waals surface area contributed by atoms with E-state index in [-0.39, 0.29) is 0 Å². The summed E-state index contributed by atoms with van der Waals surface area (Å²) in [6.45, 7) is 9.84. The Hall–Kier alpha value is -1.47. The van der Waals surface area contributed by atoms with E-state index in [1.165, 1.54) is 14.8 Å². The van der Waals surface area contributed by atoms with Crippen LogP contribution in [-0.2, 0) is 13.0 Å². The molecular formula is C15H23N5S2. The zero-order valence-electron chi connectivity index (χ0n) is 13.8. The normalized spacial score (nSPS) is 11.8. The first-order valence-corrected chi connectivity index (χ1v) is 8.93. The molecule has 2 aromatic heterocycles. The van der Waals surface area contributed by atoms with Crippen molar-refractivity contribution < 1.29 is 0 Å². The molecule has 22 heavy (non-hydrogen) atoms. The molecule has 0 bridgehead atoms. The van der Waals surface area contributed by atoms with Gasteiger partial charge >= 0.3 is 0 Å². The standard InChI is InChI=1S/C15H23N5S2/c1-9-11(3)21-13(19-9)6-7-17-15(16-5)18-8-14-20-10(2)12(4)22-14/h6-8H2,1-5H3,(H2,16,17,18). The second-order valence-electron chi connectivity index (χ2n) is 5.10. The van der Waals surface area contributed by atoms with Gasteiger partial charge < -0.3 is 10.6 Å². The van der Waals surface area contributed by atoms with Gasteiger partial charge in [0.2, 0.25) is 0 Å². The number of nitrogens with one attached hydrogen (secondary N) is 2. The Balaban J connectivity index is 1.77. The van der Waals surface area contributed by atoms with Gasteiger partial charge in [-0.25, -0.2) is 9.97 Å². The molecule has 7 heteroatoms. The molecule has 2 heterocycles. The molecule has 0 saturated heterocycles. The maximum absolute atomic E-state index is 4.55. The number of guanidine groups is 1. The van der Waals surface area contributed by atoms with E-state index in [1.54, 1.807) is 29.7 Å². The lowest BCUT2D eigenvalue weighted by Gasteiger charge is -2.10. The maximum atomic E-state index is 4.55. The van der Waals surface area contributed by atoms with E-state index in [0.29, 0.717) is 6.54 Å². The van der Waals surface area contributed by atoms with Crippen molar-refractivity contribution in [2.75, 3.05) is 13.6 Å². The average molecular weight is 338 g/mol. The minimum Gasteiger partial charge on any atom is -0.356 e. The number of nitrogens with zero attached hydrogens (tertiary/aromatic N) is 3. The lowest BCUT2D eigenvalue weighted by molar-refractivity contribution is 0.787. The quantitative estimate of drug-likeness (QED) is 0.650. The fourth-order valence-corrected chi connectivity index (χ4v) is 3.74. The number of hydrogen-bond acceptors (Lipinski definition) is 5. The second-order valence-corrected chi connectivity index (χ2v) is 7.68. The predicted molar refractivity (Wildman–Crippen MR) is 95.1 cm³/mol. The minimum atomic E-state index is 0.703. The Bertz CT molecular complexity index is 618. The largest absolute Gasteiger partial charge is 0.356 e. The molecule has 2 rings (SSSR count). The molecule has 0 spiro atoms. The molecule has 0 fully saturated rings. The van der Waals surface area contributed by atoms with E-state index in [0.717, 1.165) is 35.3 Å². The van der Waals surface area contributed by atoms with Gasteiger partial charge in [-0.1, -0.05) is 0 Å². The molecule has 0 unspecified atom stereocenters. The third-order valence-electron chi connectivity index (χ3n) is 3.41. The van der Waals surface area contributed by atoms with Gasteiger partial charge in [0.15, 0.2) is 5.96 Å². The summed E-state index contributed by atoms with van der Waals surface area (Å²) in [6, 6.07) is 0. The van der Waals surface area contributed by atoms with Crippen molar-refractivity contribution >= 4 is 28.6 Å². The zero-order valence-corrected chi connectivity index (χ0v) is 15.4. The number of aromatic nitrogens is 2. The van der Waals surface area contributed by atoms with Gasteiger partial charge in [-0.05, 0) is 27.7 Å². The maximum Gasteiger partial charge on any atom is 0.191 e. The Kier molecular flexibility index (Phi) is 5.90. The van der Waals surface area contributed by atoms with Crippen molar-refractivity contribution in [3.05, 3.63) is 31.2 Å². The highest BCUT2D eigenvalue weighted by Crippen LogP contribution is 2.17. The summed E-state index contributed by atoms with van der Waals surface area (Å²) < 4.78 is 0. The molecule has 2 N–H and O–H groups in total. The molecule has 0 aliphatic carbocycles. The lowest BCUT2D eigenvalue weighted by Crippen LogP contribution is -2.37. The third-order valence-corrected chi connectivity index (χ3v) is 5.61. The van der Waals surface area contributed by atoms with Crippen molar-refractivity contribution in [2.24, 2.45) is 4.99 Å². The first-order chi connectivity index (χ1) is 10.5. The molecule has 0 aliphatic rings. The van der Waals surface area contributed by atoms with Gasteiger partial charge in [0.25, 0.3) is 0 Å². The van der Waals surface area contributed by atoms with Gasteiger partial charge in [0, 0.05) is 29.8 Å². The first-order valence-electron chi connectivity index (χ1n) is 7.30. The van der Waals surface area contributed by atoms with Gasteiger partial charge in [-0.3, -0.25) is 4.99 Å². The summed E-state index contributed by atoms with van der Waals surface area (Å²) >= 11 is 3.50. The highest BCUT2D eigenvalue weighted by atomic mass is 32.1. The Morgan fingerprint density at radius 3 is 2.05 bits per heavy atom. The summed E-state index contributed by atoms with van der Waals surface area (Å²) in [6.07, 6.45) is 0.912. The molecule has 0 saturated carbocycles. The van der Waals surface area contributed by atoms with Crippen LogP contribution in [0, 0.1) is 27.7 Å². The van der Waals surface area contributed by atoms with Crippen LogP contribution >= 0.6 is 22.7 Å². The van der Waals surface area contributed by atoms with Crippen LogP contribution in [0.3, 0.4) is 0 Å². The molecule has 2 aromatic rings. The summed E-state index contributed by atoms with van der Waals surface area (Å²) in [5.41, 5.74) is 2.25. The topological polar surface area (TPSA) is 62.2 Å². The van der Waals surface area contributed by atoms with Gasteiger partial charge in [0.1, 0.15) is 5.01 Å². The smallest absolute Gasteiger partial charge is 0.191 e. The van der Waals surface area contributed by atoms with Crippen LogP contribution in [-0.4, -0.2) is 29.5 Å². The van der Waals surface area contributed by atoms with Crippen LogP contribution in [0.15, 0.2) is 4.99 Å². The predicted octanol–water partition coefficient (Wildman–Crippen LogP) is 2.74. The summed E-state index contributed by atoms with van der Waals surface area (Å²) in [7, 11) is 1.78. The molecule has 0 aromatic carbocycles. The van der Waals surface area contributed by atoms with Crippen LogP contribution in [0.1, 0.15) is 31.2 Å². The summed E-state index contributed by atoms with van der Waals surface area (Å²) in [5.74, 6) is 0.801. The molecule has 120 valence electrons. The molecule has 0 aliphatic heterocycles. The third kappa shape index (κ3) is 4.51. The number of hydrogen-bond donors (Lipinski definition) is 2. The SMILES string of the molecule is CN=C(NCCc1nc(C)c(C)s1)NCc1nc(C)c(C)s1. The Labute approximate surface area is 139 Å². The van der Waals surface area contributed by atoms with E-state index < -0.39 is 0 Å². The summed E-state index contributed by atoms with van der Waals surface area (Å²) in [4.78, 5) is 15.9. The Morgan fingerprint density at radius 1 is 0.955 bits per heavy atom. The van der Waals surface area contributed by atoms with E-state index >= 15 is 0 Å². The highest BCUT2D eigenvalue weighted by Gasteiger charge is 2.06. The van der Waals surface area contributed by atoms with Crippen LogP contribution in [0.5, 0.6) is 0 Å². The number of rotatable bonds is 5. The van der Waals surface area contributed by atoms with Crippen molar-refractivity contribution in [1.29, 1.82) is 0 Å². The fraction of sp³-hybridized carbons (Fsp3) is 0.533. The van der Waals surface area contributed by atoms with E-state index in [9.17, 15) is 0 Å². The van der Waals surface area contributed by atoms with Gasteiger partial charge in [-0.15, -0.1) is 22.7 Å². The van der Waals surface area contributed by atoms with Crippen LogP contribution in [0.2, 0.25) is 0 Å². The summed E-state index contributed by atoms with van der Waals surface area (Å²) in [5, 5.41) is 8.88. The van der Waals surface area contributed by atoms with Crippen LogP contribution in [0.4, 0.5) is 0 Å².